The average Bonchev–Trinajstić information content (AvgIpc) is 3.34. The number of nitrogens with zero attached hydrogens (tertiary/aromatic N) is 4. The van der Waals surface area contributed by atoms with E-state index >= 15 is 0 Å². The van der Waals surface area contributed by atoms with Crippen LogP contribution in [0, 0.1) is 0 Å². The second kappa shape index (κ2) is 12.7. The molecule has 2 aromatic heterocycles. The van der Waals surface area contributed by atoms with Gasteiger partial charge in [-0.1, -0.05) is 18.9 Å². The van der Waals surface area contributed by atoms with Gasteiger partial charge in [-0.05, 0) is 67.3 Å². The van der Waals surface area contributed by atoms with Gasteiger partial charge < -0.3 is 9.47 Å². The highest BCUT2D eigenvalue weighted by Crippen LogP contribution is 2.34. The van der Waals surface area contributed by atoms with Gasteiger partial charge in [0.05, 0.1) is 29.6 Å². The van der Waals surface area contributed by atoms with E-state index in [4.69, 9.17) is 0 Å². The van der Waals surface area contributed by atoms with Crippen molar-refractivity contribution in [3.05, 3.63) is 78.5 Å². The molecular formula is C28H31F3N4S2. The third-order valence-electron chi connectivity index (χ3n) is 6.20. The molecule has 0 aliphatic rings. The lowest BCUT2D eigenvalue weighted by molar-refractivity contribution is -0.137. The third-order valence-corrected chi connectivity index (χ3v) is 8.10. The number of fused-ring (bicyclic) bond motifs is 1. The monoisotopic (exact) mass is 544 g/mol. The Morgan fingerprint density at radius 3 is 2.49 bits per heavy atom. The number of hydrogen-bond acceptors (Lipinski definition) is 5. The molecule has 4 nitrogen and oxygen atoms in total. The van der Waals surface area contributed by atoms with Crippen LogP contribution in [0.1, 0.15) is 36.9 Å². The van der Waals surface area contributed by atoms with Crippen molar-refractivity contribution in [2.45, 2.75) is 54.7 Å². The van der Waals surface area contributed by atoms with Gasteiger partial charge in [0.15, 0.2) is 0 Å². The van der Waals surface area contributed by atoms with Gasteiger partial charge in [0, 0.05) is 46.9 Å². The first-order chi connectivity index (χ1) is 17.8. The number of aromatic nitrogens is 3. The van der Waals surface area contributed by atoms with Crippen molar-refractivity contribution in [1.82, 2.24) is 14.5 Å². The summed E-state index contributed by atoms with van der Waals surface area (Å²) in [4.78, 5) is 13.1. The van der Waals surface area contributed by atoms with Gasteiger partial charge >= 0.3 is 6.18 Å². The van der Waals surface area contributed by atoms with Crippen LogP contribution in [0.4, 0.5) is 18.9 Å². The fourth-order valence-electron chi connectivity index (χ4n) is 4.14. The second-order valence-electron chi connectivity index (χ2n) is 8.96. The minimum Gasteiger partial charge on any atom is -0.369 e. The van der Waals surface area contributed by atoms with Crippen LogP contribution in [0.25, 0.3) is 10.9 Å². The van der Waals surface area contributed by atoms with Crippen molar-refractivity contribution in [1.29, 1.82) is 0 Å². The maximum Gasteiger partial charge on any atom is 0.416 e. The Labute approximate surface area is 224 Å². The number of pyridine rings is 1. The Morgan fingerprint density at radius 2 is 1.73 bits per heavy atom. The van der Waals surface area contributed by atoms with Crippen LogP contribution in [0.2, 0.25) is 0 Å². The predicted molar refractivity (Wildman–Crippen MR) is 148 cm³/mol. The molecule has 0 spiro atoms. The zero-order valence-corrected chi connectivity index (χ0v) is 22.7. The smallest absolute Gasteiger partial charge is 0.369 e. The third kappa shape index (κ3) is 7.68. The van der Waals surface area contributed by atoms with Crippen LogP contribution < -0.4 is 4.90 Å². The zero-order valence-electron chi connectivity index (χ0n) is 21.0. The topological polar surface area (TPSA) is 34.0 Å². The van der Waals surface area contributed by atoms with E-state index in [1.807, 2.05) is 12.4 Å². The lowest BCUT2D eigenvalue weighted by atomic mass is 10.1. The number of hydrogen-bond donors (Lipinski definition) is 0. The van der Waals surface area contributed by atoms with E-state index in [1.165, 1.54) is 16.6 Å². The number of unbranched alkanes of at least 4 members (excludes halogenated alkanes) is 3. The molecule has 9 heteroatoms. The molecule has 196 valence electrons. The van der Waals surface area contributed by atoms with Crippen molar-refractivity contribution >= 4 is 40.1 Å². The number of imidazole rings is 1. The van der Waals surface area contributed by atoms with E-state index < -0.39 is 11.7 Å². The highest BCUT2D eigenvalue weighted by atomic mass is 32.2. The number of rotatable bonds is 12. The summed E-state index contributed by atoms with van der Waals surface area (Å²) in [5, 5.41) is 0.777. The van der Waals surface area contributed by atoms with Crippen molar-refractivity contribution in [2.24, 2.45) is 0 Å². The van der Waals surface area contributed by atoms with E-state index in [1.54, 1.807) is 29.7 Å². The Kier molecular flexibility index (Phi) is 9.43. The van der Waals surface area contributed by atoms with Gasteiger partial charge in [-0.15, -0.1) is 23.5 Å². The maximum atomic E-state index is 13.0. The lowest BCUT2D eigenvalue weighted by Gasteiger charge is -2.18. The first kappa shape index (κ1) is 27.4. The van der Waals surface area contributed by atoms with E-state index in [0.29, 0.717) is 5.52 Å². The van der Waals surface area contributed by atoms with Crippen LogP contribution in [-0.4, -0.2) is 33.6 Å². The molecule has 0 bridgehead atoms. The van der Waals surface area contributed by atoms with Crippen LogP contribution in [0.5, 0.6) is 0 Å². The summed E-state index contributed by atoms with van der Waals surface area (Å²) in [6.45, 7) is 1.72. The molecule has 0 fully saturated rings. The van der Waals surface area contributed by atoms with Gasteiger partial charge in [-0.2, -0.15) is 13.2 Å². The molecule has 0 unspecified atom stereocenters. The van der Waals surface area contributed by atoms with Gasteiger partial charge in [0.1, 0.15) is 0 Å². The molecule has 0 amide bonds. The van der Waals surface area contributed by atoms with Crippen LogP contribution in [-0.2, 0) is 19.3 Å². The van der Waals surface area contributed by atoms with E-state index in [9.17, 15) is 13.2 Å². The molecule has 0 N–H and O–H groups in total. The first-order valence-electron chi connectivity index (χ1n) is 12.3. The summed E-state index contributed by atoms with van der Waals surface area (Å²) < 4.78 is 41.1. The van der Waals surface area contributed by atoms with Crippen molar-refractivity contribution in [3.63, 3.8) is 0 Å². The van der Waals surface area contributed by atoms with Crippen molar-refractivity contribution in [3.8, 4) is 0 Å². The van der Waals surface area contributed by atoms with Crippen molar-refractivity contribution in [2.75, 3.05) is 24.0 Å². The number of aryl methyl sites for hydroxylation is 1. The minimum atomic E-state index is -4.35. The Bertz CT molecular complexity index is 1290. The molecule has 0 saturated heterocycles. The van der Waals surface area contributed by atoms with E-state index in [2.05, 4.69) is 63.2 Å². The van der Waals surface area contributed by atoms with Crippen LogP contribution >= 0.6 is 23.5 Å². The molecule has 0 radical (unpaired) electrons. The van der Waals surface area contributed by atoms with Crippen LogP contribution in [0.3, 0.4) is 0 Å². The molecular weight excluding hydrogens is 513 g/mol. The zero-order chi connectivity index (χ0) is 26.3. The van der Waals surface area contributed by atoms with Crippen LogP contribution in [0.15, 0.2) is 77.0 Å². The van der Waals surface area contributed by atoms with E-state index in [-0.39, 0.29) is 0 Å². The Balaban J connectivity index is 1.16. The predicted octanol–water partition coefficient (Wildman–Crippen LogP) is 8.16. The minimum absolute atomic E-state index is 0.388. The van der Waals surface area contributed by atoms with Gasteiger partial charge in [0.25, 0.3) is 0 Å². The Hall–Kier alpha value is -2.65. The average molecular weight is 545 g/mol. The summed E-state index contributed by atoms with van der Waals surface area (Å²) >= 11 is 3.43. The molecule has 2 heterocycles. The molecule has 4 rings (SSSR count). The Morgan fingerprint density at radius 1 is 0.946 bits per heavy atom. The fraction of sp³-hybridized carbons (Fsp3) is 0.357. The molecule has 0 aliphatic heterocycles. The first-order valence-corrected chi connectivity index (χ1v) is 14.5. The standard InChI is InChI=1S/C28H31F3N4S2/c1-34(23-8-10-24(36-2)11-9-23)18-22-19-35(20-33-22)15-5-3-4-6-16-37-27-13-14-32-26-17-21(28(29,30)31)7-12-25(26)27/h7-14,17,19-20H,3-6,15-16,18H2,1-2H3. The summed E-state index contributed by atoms with van der Waals surface area (Å²) in [6, 6.07) is 14.2. The van der Waals surface area contributed by atoms with Gasteiger partial charge in [-0.3, -0.25) is 4.98 Å². The molecule has 0 saturated carbocycles. The van der Waals surface area contributed by atoms with Crippen molar-refractivity contribution < 1.29 is 13.2 Å². The van der Waals surface area contributed by atoms with Gasteiger partial charge in [0.2, 0.25) is 0 Å². The SMILES string of the molecule is CSc1ccc(N(C)Cc2cn(CCCCCCSc3ccnc4cc(C(F)(F)F)ccc34)cn2)cc1. The summed E-state index contributed by atoms with van der Waals surface area (Å²) in [5.74, 6) is 0.930. The summed E-state index contributed by atoms with van der Waals surface area (Å²) in [5.41, 5.74) is 1.96. The molecule has 2 aromatic carbocycles. The molecule has 0 aliphatic carbocycles. The summed E-state index contributed by atoms with van der Waals surface area (Å²) in [7, 11) is 2.08. The normalized spacial score (nSPS) is 11.8. The maximum absolute atomic E-state index is 13.0. The quantitative estimate of drug-likeness (QED) is 0.133. The van der Waals surface area contributed by atoms with Gasteiger partial charge in [-0.25, -0.2) is 4.98 Å². The number of alkyl halides is 3. The number of halogens is 3. The number of anilines is 1. The second-order valence-corrected chi connectivity index (χ2v) is 11.0. The highest BCUT2D eigenvalue weighted by molar-refractivity contribution is 7.99. The summed E-state index contributed by atoms with van der Waals surface area (Å²) in [6.07, 6.45) is 7.74. The number of thioether (sulfide) groups is 2. The highest BCUT2D eigenvalue weighted by Gasteiger charge is 2.30. The van der Waals surface area contributed by atoms with E-state index in [0.717, 1.165) is 72.6 Å². The fourth-order valence-corrected chi connectivity index (χ4v) is 5.60. The molecule has 4 aromatic rings. The lowest BCUT2D eigenvalue weighted by Crippen LogP contribution is -2.16. The molecule has 37 heavy (non-hydrogen) atoms. The molecule has 0 atom stereocenters. The number of benzene rings is 2. The largest absolute Gasteiger partial charge is 0.416 e.